The zero-order valence-electron chi connectivity index (χ0n) is 18.7. The van der Waals surface area contributed by atoms with E-state index in [4.69, 9.17) is 9.47 Å². The number of aliphatic hydroxyl groups is 1. The first-order valence-electron chi connectivity index (χ1n) is 11.3. The van der Waals surface area contributed by atoms with Crippen LogP contribution in [0.5, 0.6) is 11.5 Å². The summed E-state index contributed by atoms with van der Waals surface area (Å²) in [5, 5.41) is 10.9. The lowest BCUT2D eigenvalue weighted by atomic mass is 9.91. The number of carbonyl (C=O) groups is 2. The van der Waals surface area contributed by atoms with Gasteiger partial charge in [-0.15, -0.1) is 0 Å². The third-order valence-corrected chi connectivity index (χ3v) is 6.13. The molecule has 0 saturated carbocycles. The third kappa shape index (κ3) is 5.63. The van der Waals surface area contributed by atoms with E-state index in [0.29, 0.717) is 49.6 Å². The van der Waals surface area contributed by atoms with Gasteiger partial charge in [0.2, 0.25) is 5.91 Å². The molecule has 2 fully saturated rings. The van der Waals surface area contributed by atoms with Crippen molar-refractivity contribution in [3.8, 4) is 11.5 Å². The van der Waals surface area contributed by atoms with Crippen LogP contribution in [0.15, 0.2) is 48.5 Å². The highest BCUT2D eigenvalue weighted by Gasteiger charge is 2.41. The topological polar surface area (TPSA) is 79.3 Å². The number of amides is 2. The van der Waals surface area contributed by atoms with Gasteiger partial charge in [-0.3, -0.25) is 9.59 Å². The molecule has 2 heterocycles. The Kier molecular flexibility index (Phi) is 6.83. The number of carbonyl (C=O) groups excluding carboxylic acids is 2. The molecule has 2 amide bonds. The van der Waals surface area contributed by atoms with Crippen LogP contribution in [0.3, 0.4) is 0 Å². The summed E-state index contributed by atoms with van der Waals surface area (Å²) in [6.45, 7) is 3.88. The second-order valence-corrected chi connectivity index (χ2v) is 8.79. The summed E-state index contributed by atoms with van der Waals surface area (Å²) in [7, 11) is 0. The summed E-state index contributed by atoms with van der Waals surface area (Å²) >= 11 is 0. The summed E-state index contributed by atoms with van der Waals surface area (Å²) in [6, 6.07) is 12.7. The van der Waals surface area contributed by atoms with Crippen molar-refractivity contribution in [2.24, 2.45) is 0 Å². The maximum absolute atomic E-state index is 13.4. The smallest absolute Gasteiger partial charge is 0.253 e. The maximum Gasteiger partial charge on any atom is 0.253 e. The minimum atomic E-state index is -1.28. The van der Waals surface area contributed by atoms with Crippen molar-refractivity contribution in [3.63, 3.8) is 0 Å². The van der Waals surface area contributed by atoms with E-state index < -0.39 is 17.5 Å². The molecule has 0 unspecified atom stereocenters. The molecule has 0 radical (unpaired) electrons. The first-order valence-corrected chi connectivity index (χ1v) is 11.3. The van der Waals surface area contributed by atoms with Gasteiger partial charge in [-0.1, -0.05) is 6.07 Å². The average molecular weight is 457 g/mol. The first-order chi connectivity index (χ1) is 15.8. The predicted octanol–water partition coefficient (Wildman–Crippen LogP) is 2.87. The van der Waals surface area contributed by atoms with Crippen LogP contribution >= 0.6 is 0 Å². The highest BCUT2D eigenvalue weighted by atomic mass is 19.1. The molecule has 2 aromatic rings. The SMILES string of the molecule is C[C@]1(O)CN(C(=O)c2ccc(OCCN3CCCC3=O)cc2)CC[C@@H]1Oc1cccc(F)c1. The lowest BCUT2D eigenvalue weighted by Crippen LogP contribution is -2.58. The zero-order chi connectivity index (χ0) is 23.4. The number of β-amino-alcohol motifs (C(OH)–C–C–N with tert-alkyl or cyclic N) is 1. The van der Waals surface area contributed by atoms with E-state index in [1.54, 1.807) is 53.1 Å². The van der Waals surface area contributed by atoms with Gasteiger partial charge in [0.15, 0.2) is 0 Å². The Morgan fingerprint density at radius 2 is 1.97 bits per heavy atom. The number of piperidine rings is 1. The summed E-state index contributed by atoms with van der Waals surface area (Å²) in [5.74, 6) is 0.558. The molecule has 1 N–H and O–H groups in total. The quantitative estimate of drug-likeness (QED) is 0.693. The van der Waals surface area contributed by atoms with Gasteiger partial charge in [-0.2, -0.15) is 0 Å². The van der Waals surface area contributed by atoms with Crippen molar-refractivity contribution in [2.45, 2.75) is 37.9 Å². The van der Waals surface area contributed by atoms with Crippen LogP contribution < -0.4 is 9.47 Å². The number of likely N-dealkylation sites (tertiary alicyclic amines) is 2. The largest absolute Gasteiger partial charge is 0.492 e. The van der Waals surface area contributed by atoms with Gasteiger partial charge in [0.05, 0.1) is 13.1 Å². The first kappa shape index (κ1) is 23.0. The minimum absolute atomic E-state index is 0.105. The fourth-order valence-corrected chi connectivity index (χ4v) is 4.31. The van der Waals surface area contributed by atoms with Crippen LogP contribution in [0.2, 0.25) is 0 Å². The van der Waals surface area contributed by atoms with Crippen molar-refractivity contribution in [3.05, 3.63) is 59.9 Å². The summed E-state index contributed by atoms with van der Waals surface area (Å²) < 4.78 is 25.0. The Labute approximate surface area is 192 Å². The third-order valence-electron chi connectivity index (χ3n) is 6.13. The standard InChI is InChI=1S/C25H29FN2O5/c1-25(31)17-28(13-11-22(25)33-21-5-2-4-19(26)16-21)24(30)18-7-9-20(10-8-18)32-15-14-27-12-3-6-23(27)29/h2,4-5,7-10,16,22,31H,3,6,11-15,17H2,1H3/t22-,25-/m0/s1. The molecule has 0 bridgehead atoms. The Hall–Kier alpha value is -3.13. The Balaban J connectivity index is 1.30. The van der Waals surface area contributed by atoms with Crippen molar-refractivity contribution in [2.75, 3.05) is 32.8 Å². The Morgan fingerprint density at radius 1 is 1.18 bits per heavy atom. The zero-order valence-corrected chi connectivity index (χ0v) is 18.7. The second kappa shape index (κ2) is 9.79. The monoisotopic (exact) mass is 456 g/mol. The van der Waals surface area contributed by atoms with Crippen LogP contribution in [0.25, 0.3) is 0 Å². The molecule has 8 heteroatoms. The molecule has 33 heavy (non-hydrogen) atoms. The molecule has 4 rings (SSSR count). The van der Waals surface area contributed by atoms with Crippen molar-refractivity contribution < 1.29 is 28.6 Å². The summed E-state index contributed by atoms with van der Waals surface area (Å²) in [5.41, 5.74) is -0.784. The number of ether oxygens (including phenoxy) is 2. The predicted molar refractivity (Wildman–Crippen MR) is 120 cm³/mol. The number of hydrogen-bond acceptors (Lipinski definition) is 5. The fourth-order valence-electron chi connectivity index (χ4n) is 4.31. The van der Waals surface area contributed by atoms with Gasteiger partial charge in [-0.05, 0) is 49.7 Å². The van der Waals surface area contributed by atoms with Gasteiger partial charge in [0, 0.05) is 37.6 Å². The van der Waals surface area contributed by atoms with E-state index in [-0.39, 0.29) is 18.4 Å². The second-order valence-electron chi connectivity index (χ2n) is 8.79. The van der Waals surface area contributed by atoms with Crippen molar-refractivity contribution in [1.82, 2.24) is 9.80 Å². The molecular formula is C25H29FN2O5. The lowest BCUT2D eigenvalue weighted by Gasteiger charge is -2.42. The number of nitrogens with zero attached hydrogens (tertiary/aromatic N) is 2. The van der Waals surface area contributed by atoms with E-state index in [2.05, 4.69) is 0 Å². The van der Waals surface area contributed by atoms with Gasteiger partial charge in [0.1, 0.15) is 35.6 Å². The molecule has 7 nitrogen and oxygen atoms in total. The molecule has 0 spiro atoms. The molecule has 2 aliphatic rings. The van der Waals surface area contributed by atoms with Crippen molar-refractivity contribution >= 4 is 11.8 Å². The normalized spacial score (nSPS) is 23.0. The molecule has 176 valence electrons. The van der Waals surface area contributed by atoms with Crippen LogP contribution in [0.4, 0.5) is 4.39 Å². The highest BCUT2D eigenvalue weighted by molar-refractivity contribution is 5.94. The number of hydrogen-bond donors (Lipinski definition) is 1. The highest BCUT2D eigenvalue weighted by Crippen LogP contribution is 2.28. The van der Waals surface area contributed by atoms with E-state index in [0.717, 1.165) is 13.0 Å². The van der Waals surface area contributed by atoms with E-state index >= 15 is 0 Å². The molecule has 2 aromatic carbocycles. The van der Waals surface area contributed by atoms with Gasteiger partial charge in [-0.25, -0.2) is 4.39 Å². The average Bonchev–Trinajstić information content (AvgIpc) is 3.19. The van der Waals surface area contributed by atoms with Gasteiger partial charge >= 0.3 is 0 Å². The summed E-state index contributed by atoms with van der Waals surface area (Å²) in [4.78, 5) is 28.0. The molecular weight excluding hydrogens is 427 g/mol. The van der Waals surface area contributed by atoms with E-state index in [1.807, 2.05) is 0 Å². The number of halogens is 1. The van der Waals surface area contributed by atoms with Crippen LogP contribution in [-0.2, 0) is 4.79 Å². The number of benzene rings is 2. The number of rotatable bonds is 7. The molecule has 2 saturated heterocycles. The van der Waals surface area contributed by atoms with Gasteiger partial charge < -0.3 is 24.4 Å². The summed E-state index contributed by atoms with van der Waals surface area (Å²) in [6.07, 6.45) is 1.38. The molecule has 0 aromatic heterocycles. The minimum Gasteiger partial charge on any atom is -0.492 e. The van der Waals surface area contributed by atoms with Crippen LogP contribution in [0.1, 0.15) is 36.5 Å². The van der Waals surface area contributed by atoms with Gasteiger partial charge in [0.25, 0.3) is 5.91 Å². The maximum atomic E-state index is 13.4. The lowest BCUT2D eigenvalue weighted by molar-refractivity contribution is -0.128. The molecule has 2 atom stereocenters. The molecule has 0 aliphatic carbocycles. The molecule has 2 aliphatic heterocycles. The van der Waals surface area contributed by atoms with E-state index in [9.17, 15) is 19.1 Å². The Bertz CT molecular complexity index is 995. The van der Waals surface area contributed by atoms with E-state index in [1.165, 1.54) is 12.1 Å². The Morgan fingerprint density at radius 3 is 2.64 bits per heavy atom. The van der Waals surface area contributed by atoms with Crippen LogP contribution in [-0.4, -0.2) is 71.2 Å². The van der Waals surface area contributed by atoms with Crippen LogP contribution in [0, 0.1) is 5.82 Å². The fraction of sp³-hybridized carbons (Fsp3) is 0.440. The van der Waals surface area contributed by atoms with Crippen molar-refractivity contribution in [1.29, 1.82) is 0 Å².